The van der Waals surface area contributed by atoms with E-state index in [0.29, 0.717) is 47.8 Å². The molecule has 8 nitrogen and oxygen atoms in total. The molecule has 2 atom stereocenters. The number of halogens is 6. The van der Waals surface area contributed by atoms with Gasteiger partial charge in [-0.25, -0.2) is 19.6 Å². The Hall–Kier alpha value is -4.62. The average molecular weight is 664 g/mol. The molecule has 1 saturated heterocycles. The Bertz CT molecular complexity index is 1700. The van der Waals surface area contributed by atoms with Crippen LogP contribution in [0.25, 0.3) is 17.0 Å². The zero-order valence-electron chi connectivity index (χ0n) is 25.8. The van der Waals surface area contributed by atoms with Crippen molar-refractivity contribution < 1.29 is 50.5 Å². The largest absolute Gasteiger partial charge is 0.493 e. The Balaban J connectivity index is 1.53. The summed E-state index contributed by atoms with van der Waals surface area (Å²) in [6, 6.07) is 6.29. The fourth-order valence-corrected chi connectivity index (χ4v) is 6.00. The van der Waals surface area contributed by atoms with Crippen molar-refractivity contribution in [2.45, 2.75) is 64.5 Å². The summed E-state index contributed by atoms with van der Waals surface area (Å²) in [5, 5.41) is 9.24. The lowest BCUT2D eigenvalue weighted by molar-refractivity contribution is -0.143. The van der Waals surface area contributed by atoms with Gasteiger partial charge in [-0.05, 0) is 78.6 Å². The van der Waals surface area contributed by atoms with Gasteiger partial charge in [-0.1, -0.05) is 26.0 Å². The molecule has 2 aliphatic rings. The zero-order valence-corrected chi connectivity index (χ0v) is 25.8. The van der Waals surface area contributed by atoms with Gasteiger partial charge in [-0.3, -0.25) is 4.90 Å². The van der Waals surface area contributed by atoms with Crippen LogP contribution in [0.2, 0.25) is 0 Å². The van der Waals surface area contributed by atoms with Crippen molar-refractivity contribution in [2.24, 2.45) is 5.41 Å². The SMILES string of the molecule is COc1cnc(-c2ccc(C(=O)O)cc2)nc1C1=C(CN2C(=O)O[C@H](c3cc(C(F)(F)F)cc(C(F)(F)F)c3)[C@@H]2C)CC(C)(C)CC1. The maximum atomic E-state index is 13.6. The van der Waals surface area contributed by atoms with Crippen LogP contribution >= 0.6 is 0 Å². The summed E-state index contributed by atoms with van der Waals surface area (Å²) in [4.78, 5) is 34.9. The number of cyclic esters (lactones) is 1. The number of hydrogen-bond acceptors (Lipinski definition) is 6. The van der Waals surface area contributed by atoms with Gasteiger partial charge in [0.05, 0.1) is 36.0 Å². The lowest BCUT2D eigenvalue weighted by Crippen LogP contribution is -2.35. The number of hydrogen-bond donors (Lipinski definition) is 1. The summed E-state index contributed by atoms with van der Waals surface area (Å²) in [5.74, 6) is -0.437. The molecule has 5 rings (SSSR count). The second-order valence-corrected chi connectivity index (χ2v) is 12.4. The Labute approximate surface area is 266 Å². The Kier molecular flexibility index (Phi) is 8.75. The predicted molar refractivity (Wildman–Crippen MR) is 157 cm³/mol. The third-order valence-electron chi connectivity index (χ3n) is 8.51. The third kappa shape index (κ3) is 7.05. The van der Waals surface area contributed by atoms with Crippen LogP contribution in [0.15, 0.2) is 54.2 Å². The lowest BCUT2D eigenvalue weighted by Gasteiger charge is -2.35. The molecule has 3 aromatic rings. The quantitative estimate of drug-likeness (QED) is 0.253. The highest BCUT2D eigenvalue weighted by Gasteiger charge is 2.44. The molecule has 1 N–H and O–H groups in total. The molecule has 1 aromatic heterocycles. The van der Waals surface area contributed by atoms with Crippen molar-refractivity contribution in [3.05, 3.63) is 82.2 Å². The molecule has 2 heterocycles. The maximum Gasteiger partial charge on any atom is 0.416 e. The topological polar surface area (TPSA) is 102 Å². The van der Waals surface area contributed by atoms with Crippen molar-refractivity contribution in [3.63, 3.8) is 0 Å². The summed E-state index contributed by atoms with van der Waals surface area (Å²) < 4.78 is 92.4. The Morgan fingerprint density at radius 2 is 1.68 bits per heavy atom. The average Bonchev–Trinajstić information content (AvgIpc) is 3.28. The van der Waals surface area contributed by atoms with E-state index in [1.165, 1.54) is 37.3 Å². The first-order chi connectivity index (χ1) is 21.9. The number of benzene rings is 2. The van der Waals surface area contributed by atoms with Crippen molar-refractivity contribution in [1.29, 1.82) is 0 Å². The summed E-state index contributed by atoms with van der Waals surface area (Å²) in [6.45, 7) is 5.59. The summed E-state index contributed by atoms with van der Waals surface area (Å²) in [6.07, 6.45) is -9.11. The molecular weight excluding hydrogens is 632 g/mol. The van der Waals surface area contributed by atoms with E-state index in [1.807, 2.05) is 13.8 Å². The van der Waals surface area contributed by atoms with Crippen LogP contribution < -0.4 is 4.74 Å². The van der Waals surface area contributed by atoms with Gasteiger partial charge in [0.1, 0.15) is 11.8 Å². The van der Waals surface area contributed by atoms with Crippen molar-refractivity contribution >= 4 is 17.6 Å². The first-order valence-electron chi connectivity index (χ1n) is 14.6. The maximum absolute atomic E-state index is 13.6. The minimum absolute atomic E-state index is 0.0177. The second-order valence-electron chi connectivity index (χ2n) is 12.4. The monoisotopic (exact) mass is 663 g/mol. The first kappa shape index (κ1) is 33.7. The van der Waals surface area contributed by atoms with E-state index in [4.69, 9.17) is 14.5 Å². The van der Waals surface area contributed by atoms with Crippen molar-refractivity contribution in [1.82, 2.24) is 14.9 Å². The number of methoxy groups -OCH3 is 1. The van der Waals surface area contributed by atoms with Gasteiger partial charge in [0.2, 0.25) is 0 Å². The van der Waals surface area contributed by atoms with Gasteiger partial charge in [-0.2, -0.15) is 26.3 Å². The number of amides is 1. The molecule has 1 amide bonds. The molecule has 250 valence electrons. The van der Waals surface area contributed by atoms with Crippen LogP contribution in [-0.4, -0.2) is 51.7 Å². The molecule has 0 spiro atoms. The number of ether oxygens (including phenoxy) is 2. The Morgan fingerprint density at radius 1 is 1.06 bits per heavy atom. The van der Waals surface area contributed by atoms with Gasteiger partial charge >= 0.3 is 24.4 Å². The van der Waals surface area contributed by atoms with E-state index >= 15 is 0 Å². The molecule has 1 aliphatic carbocycles. The van der Waals surface area contributed by atoms with E-state index in [0.717, 1.165) is 17.6 Å². The second kappa shape index (κ2) is 12.2. The number of carboxylic acid groups (broad SMARTS) is 1. The van der Waals surface area contributed by atoms with E-state index in [9.17, 15) is 41.0 Å². The van der Waals surface area contributed by atoms with Gasteiger partial charge in [0.15, 0.2) is 11.6 Å². The number of aromatic carboxylic acids is 1. The molecule has 2 aromatic carbocycles. The van der Waals surface area contributed by atoms with Crippen LogP contribution in [0.3, 0.4) is 0 Å². The normalized spacial score (nSPS) is 20.0. The number of carbonyl (C=O) groups is 2. The van der Waals surface area contributed by atoms with Crippen LogP contribution in [0, 0.1) is 5.41 Å². The molecule has 47 heavy (non-hydrogen) atoms. The highest BCUT2D eigenvalue weighted by Crippen LogP contribution is 2.46. The minimum Gasteiger partial charge on any atom is -0.493 e. The summed E-state index contributed by atoms with van der Waals surface area (Å²) in [7, 11) is 1.45. The Morgan fingerprint density at radius 3 is 2.23 bits per heavy atom. The van der Waals surface area contributed by atoms with Crippen LogP contribution in [-0.2, 0) is 17.1 Å². The fraction of sp³-hybridized carbons (Fsp3) is 0.394. The molecule has 14 heteroatoms. The molecular formula is C33H31F6N3O5. The zero-order chi connectivity index (χ0) is 34.5. The summed E-state index contributed by atoms with van der Waals surface area (Å²) >= 11 is 0. The number of rotatable bonds is 7. The number of carboxylic acids is 1. The fourth-order valence-electron chi connectivity index (χ4n) is 6.00. The van der Waals surface area contributed by atoms with Crippen LogP contribution in [0.1, 0.15) is 78.9 Å². The third-order valence-corrected chi connectivity index (χ3v) is 8.51. The van der Waals surface area contributed by atoms with Crippen LogP contribution in [0.4, 0.5) is 31.1 Å². The number of alkyl halides is 6. The molecule has 0 saturated carbocycles. The molecule has 1 fully saturated rings. The van der Waals surface area contributed by atoms with Gasteiger partial charge in [0, 0.05) is 12.1 Å². The van der Waals surface area contributed by atoms with Crippen molar-refractivity contribution in [3.8, 4) is 17.1 Å². The molecule has 0 radical (unpaired) electrons. The molecule has 0 bridgehead atoms. The minimum atomic E-state index is -5.05. The standard InChI is InChI=1S/C33H31F6N3O5/c1-17-27(20-11-22(32(34,35)36)13-23(12-20)33(37,38)39)47-30(45)42(17)16-21-14-31(2,3)10-9-24(21)26-25(46-4)15-40-28(41-26)18-5-7-19(8-6-18)29(43)44/h5-8,11-13,15,17,27H,9-10,14,16H2,1-4H3,(H,43,44)/t17-,27-/m0/s1. The highest BCUT2D eigenvalue weighted by molar-refractivity contribution is 5.88. The van der Waals surface area contributed by atoms with E-state index in [2.05, 4.69) is 4.98 Å². The van der Waals surface area contributed by atoms with Crippen LogP contribution in [0.5, 0.6) is 5.75 Å². The number of nitrogens with zero attached hydrogens (tertiary/aromatic N) is 3. The number of carbonyl (C=O) groups excluding carboxylic acids is 1. The smallest absolute Gasteiger partial charge is 0.416 e. The first-order valence-corrected chi connectivity index (χ1v) is 14.6. The molecule has 0 unspecified atom stereocenters. The van der Waals surface area contributed by atoms with Gasteiger partial charge < -0.3 is 14.6 Å². The summed E-state index contributed by atoms with van der Waals surface area (Å²) in [5.41, 5.74) is -0.977. The lowest BCUT2D eigenvalue weighted by atomic mass is 9.73. The number of aromatic nitrogens is 2. The highest BCUT2D eigenvalue weighted by atomic mass is 19.4. The molecule has 1 aliphatic heterocycles. The van der Waals surface area contributed by atoms with E-state index < -0.39 is 53.3 Å². The number of allylic oxidation sites excluding steroid dienone is 1. The van der Waals surface area contributed by atoms with Gasteiger partial charge in [0.25, 0.3) is 0 Å². The van der Waals surface area contributed by atoms with Gasteiger partial charge in [-0.15, -0.1) is 0 Å². The van der Waals surface area contributed by atoms with E-state index in [1.54, 1.807) is 12.1 Å². The van der Waals surface area contributed by atoms with E-state index in [-0.39, 0.29) is 23.6 Å². The van der Waals surface area contributed by atoms with Crippen molar-refractivity contribution in [2.75, 3.05) is 13.7 Å². The predicted octanol–water partition coefficient (Wildman–Crippen LogP) is 8.43.